The molecule has 0 aliphatic carbocycles. The number of benzene rings is 3. The van der Waals surface area contributed by atoms with Gasteiger partial charge in [0, 0.05) is 28.7 Å². The SMILES string of the molecule is Cc1nc(-c2cc(-c3ccccc3)c(C(F)(F)F)s2)no1.Cc1noc(-c2cc(-c3ccccc3)c(C(F)(F)F)s2)n1.Cc1oc(-c2cc(-c3ccccc3)c(C(F)(F)F)s2)n[n+]1C. The van der Waals surface area contributed by atoms with Crippen molar-refractivity contribution in [1.29, 1.82) is 0 Å². The molecule has 21 heteroatoms. The number of alkyl halides is 9. The molecule has 330 valence electrons. The second-order valence-corrected chi connectivity index (χ2v) is 16.6. The summed E-state index contributed by atoms with van der Waals surface area (Å²) in [4.78, 5) is 6.97. The Labute approximate surface area is 369 Å². The van der Waals surface area contributed by atoms with Crippen LogP contribution in [0, 0.1) is 20.8 Å². The quantitative estimate of drug-likeness (QED) is 0.120. The van der Waals surface area contributed by atoms with Crippen LogP contribution >= 0.6 is 34.0 Å². The maximum absolute atomic E-state index is 13.3. The molecule has 6 heterocycles. The molecule has 0 fully saturated rings. The smallest absolute Gasteiger partial charge is 0.380 e. The second kappa shape index (κ2) is 18.3. The molecule has 0 N–H and O–H groups in total. The lowest BCUT2D eigenvalue weighted by Gasteiger charge is -2.07. The maximum Gasteiger partial charge on any atom is 0.426 e. The molecule has 9 aromatic rings. The van der Waals surface area contributed by atoms with Gasteiger partial charge in [-0.05, 0) is 41.8 Å². The number of hydrogen-bond donors (Lipinski definition) is 0. The Morgan fingerprint density at radius 2 is 0.906 bits per heavy atom. The number of aromatic nitrogens is 6. The monoisotopic (exact) mass is 945 g/mol. The van der Waals surface area contributed by atoms with E-state index >= 15 is 0 Å². The molecule has 0 atom stereocenters. The molecule has 0 radical (unpaired) electrons. The summed E-state index contributed by atoms with van der Waals surface area (Å²) >= 11 is 1.87. The lowest BCUT2D eigenvalue weighted by Crippen LogP contribution is -2.32. The molecular weight excluding hydrogens is 916 g/mol. The van der Waals surface area contributed by atoms with E-state index in [2.05, 4.69) is 25.4 Å². The Morgan fingerprint density at radius 1 is 0.500 bits per heavy atom. The van der Waals surface area contributed by atoms with E-state index in [1.165, 1.54) is 22.9 Å². The van der Waals surface area contributed by atoms with Gasteiger partial charge in [0.15, 0.2) is 12.9 Å². The molecule has 0 amide bonds. The van der Waals surface area contributed by atoms with E-state index in [-0.39, 0.29) is 34.3 Å². The fraction of sp³-hybridized carbons (Fsp3) is 0.163. The van der Waals surface area contributed by atoms with Crippen LogP contribution in [0.15, 0.2) is 123 Å². The Bertz CT molecular complexity index is 2820. The molecule has 6 aromatic heterocycles. The molecule has 3 aromatic carbocycles. The van der Waals surface area contributed by atoms with E-state index in [1.807, 2.05) is 0 Å². The summed E-state index contributed by atoms with van der Waals surface area (Å²) in [7, 11) is 1.68. The summed E-state index contributed by atoms with van der Waals surface area (Å²) in [6.45, 7) is 4.91. The average molecular weight is 946 g/mol. The van der Waals surface area contributed by atoms with Crippen molar-refractivity contribution in [3.05, 3.63) is 141 Å². The predicted molar refractivity (Wildman–Crippen MR) is 222 cm³/mol. The van der Waals surface area contributed by atoms with Crippen LogP contribution in [-0.2, 0) is 25.6 Å². The van der Waals surface area contributed by atoms with E-state index in [0.29, 0.717) is 82.9 Å². The summed E-state index contributed by atoms with van der Waals surface area (Å²) in [6, 6.07) is 29.7. The summed E-state index contributed by atoms with van der Waals surface area (Å²) in [5, 5.41) is 11.4. The van der Waals surface area contributed by atoms with Crippen LogP contribution in [0.2, 0.25) is 0 Å². The molecule has 0 aliphatic rings. The molecule has 64 heavy (non-hydrogen) atoms. The lowest BCUT2D eigenvalue weighted by atomic mass is 10.1. The van der Waals surface area contributed by atoms with Gasteiger partial charge in [-0.2, -0.15) is 49.5 Å². The predicted octanol–water partition coefficient (Wildman–Crippen LogP) is 13.8. The van der Waals surface area contributed by atoms with E-state index in [1.54, 1.807) is 119 Å². The van der Waals surface area contributed by atoms with E-state index in [0.717, 1.165) is 0 Å². The van der Waals surface area contributed by atoms with Gasteiger partial charge in [0.25, 0.3) is 5.89 Å². The topological polar surface area (TPSA) is 108 Å². The van der Waals surface area contributed by atoms with Crippen molar-refractivity contribution in [3.8, 4) is 65.6 Å². The summed E-state index contributed by atoms with van der Waals surface area (Å²) in [5.74, 6) is 1.69. The molecular formula is C43H30F9N6O3S3+. The number of rotatable bonds is 6. The van der Waals surface area contributed by atoms with Crippen LogP contribution in [0.4, 0.5) is 39.5 Å². The molecule has 0 unspecified atom stereocenters. The van der Waals surface area contributed by atoms with Crippen molar-refractivity contribution in [2.45, 2.75) is 39.3 Å². The largest absolute Gasteiger partial charge is 0.426 e. The number of nitrogens with zero attached hydrogens (tertiary/aromatic N) is 6. The molecule has 9 nitrogen and oxygen atoms in total. The highest BCUT2D eigenvalue weighted by Crippen LogP contribution is 2.48. The Balaban J connectivity index is 0.000000144. The minimum atomic E-state index is -4.43. The van der Waals surface area contributed by atoms with Crippen molar-refractivity contribution in [2.24, 2.45) is 7.05 Å². The maximum atomic E-state index is 13.3. The fourth-order valence-corrected chi connectivity index (χ4v) is 8.86. The van der Waals surface area contributed by atoms with E-state index in [4.69, 9.17) is 13.5 Å². The van der Waals surface area contributed by atoms with Crippen LogP contribution in [0.3, 0.4) is 0 Å². The van der Waals surface area contributed by atoms with Crippen LogP contribution in [-0.4, -0.2) is 25.4 Å². The van der Waals surface area contributed by atoms with Crippen molar-refractivity contribution >= 4 is 34.0 Å². The van der Waals surface area contributed by atoms with Gasteiger partial charge in [0.2, 0.25) is 11.7 Å². The van der Waals surface area contributed by atoms with Gasteiger partial charge in [0.05, 0.1) is 21.6 Å². The molecule has 0 saturated carbocycles. The van der Waals surface area contributed by atoms with Crippen LogP contribution < -0.4 is 4.68 Å². The Hall–Kier alpha value is -6.45. The molecule has 0 bridgehead atoms. The third-order valence-corrected chi connectivity index (χ3v) is 12.4. The van der Waals surface area contributed by atoms with Crippen molar-refractivity contribution in [2.75, 3.05) is 0 Å². The van der Waals surface area contributed by atoms with Gasteiger partial charge in [-0.3, -0.25) is 0 Å². The first-order chi connectivity index (χ1) is 30.3. The van der Waals surface area contributed by atoms with Gasteiger partial charge in [-0.25, -0.2) is 0 Å². The number of hydrogen-bond acceptors (Lipinski definition) is 11. The van der Waals surface area contributed by atoms with Gasteiger partial charge < -0.3 is 13.5 Å². The second-order valence-electron chi connectivity index (χ2n) is 13.5. The molecule has 0 spiro atoms. The zero-order valence-corrected chi connectivity index (χ0v) is 35.9. The summed E-state index contributed by atoms with van der Waals surface area (Å²) in [5.41, 5.74) is 1.93. The summed E-state index contributed by atoms with van der Waals surface area (Å²) < 4.78 is 136. The van der Waals surface area contributed by atoms with Crippen LogP contribution in [0.1, 0.15) is 32.2 Å². The minimum Gasteiger partial charge on any atom is -0.380 e. The van der Waals surface area contributed by atoms with Gasteiger partial charge >= 0.3 is 30.3 Å². The van der Waals surface area contributed by atoms with E-state index < -0.39 is 33.2 Å². The van der Waals surface area contributed by atoms with Crippen molar-refractivity contribution in [3.63, 3.8) is 0 Å². The third kappa shape index (κ3) is 10.5. The summed E-state index contributed by atoms with van der Waals surface area (Å²) in [6.07, 6.45) is -13.3. The normalized spacial score (nSPS) is 11.8. The molecule has 9 rings (SSSR count). The minimum absolute atomic E-state index is 0.102. The van der Waals surface area contributed by atoms with Gasteiger partial charge in [0.1, 0.15) is 14.6 Å². The van der Waals surface area contributed by atoms with Crippen LogP contribution in [0.5, 0.6) is 0 Å². The van der Waals surface area contributed by atoms with Crippen molar-refractivity contribution in [1.82, 2.24) is 25.4 Å². The zero-order chi connectivity index (χ0) is 46.0. The number of thiophene rings is 3. The number of aryl methyl sites for hydroxylation is 4. The highest BCUT2D eigenvalue weighted by Gasteiger charge is 2.39. The first-order valence-corrected chi connectivity index (χ1v) is 21.0. The highest BCUT2D eigenvalue weighted by atomic mass is 32.1. The van der Waals surface area contributed by atoms with E-state index in [9.17, 15) is 39.5 Å². The number of halogens is 9. The van der Waals surface area contributed by atoms with Gasteiger partial charge in [-0.15, -0.1) is 34.0 Å². The van der Waals surface area contributed by atoms with Crippen molar-refractivity contribution < 1.29 is 57.7 Å². The third-order valence-electron chi connectivity index (χ3n) is 8.86. The first-order valence-electron chi connectivity index (χ1n) is 18.5. The average Bonchev–Trinajstić information content (AvgIpc) is 4.11. The zero-order valence-electron chi connectivity index (χ0n) is 33.4. The highest BCUT2D eigenvalue weighted by molar-refractivity contribution is 7.16. The standard InChI is InChI=1S/C15H12F3N2OS.2C14H9F3N2OS/c1-9-20(2)19-14(21-9)12-8-11(10-6-4-3-5-7-10)13(22-12)15(16,17)18;1-8-18-13(19-20-8)11-7-10(9-5-3-2-4-6-9)12(21-11)14(15,16)17;1-8-18-13(20-19-8)11-7-10(9-5-3-2-4-6-9)12(21-11)14(15,16)17/h3-8H,1-2H3;2*2-7H,1H3/q+1;;. The Morgan fingerprint density at radius 3 is 1.25 bits per heavy atom. The van der Waals surface area contributed by atoms with Crippen LogP contribution in [0.25, 0.3) is 65.6 Å². The van der Waals surface area contributed by atoms with Gasteiger partial charge in [-0.1, -0.05) is 106 Å². The lowest BCUT2D eigenvalue weighted by molar-refractivity contribution is -0.736. The first kappa shape index (κ1) is 45.6. The fourth-order valence-electron chi connectivity index (χ4n) is 5.95. The Kier molecular flexibility index (Phi) is 13.1. The molecule has 0 saturated heterocycles. The molecule has 0 aliphatic heterocycles.